The van der Waals surface area contributed by atoms with Gasteiger partial charge in [-0.05, 0) is 25.6 Å². The second-order valence-corrected chi connectivity index (χ2v) is 6.26. The van der Waals surface area contributed by atoms with Crippen LogP contribution in [0.5, 0.6) is 0 Å². The van der Waals surface area contributed by atoms with Crippen LogP contribution in [0, 0.1) is 0 Å². The normalized spacial score (nSPS) is 21.6. The van der Waals surface area contributed by atoms with E-state index in [-0.39, 0.29) is 0 Å². The highest BCUT2D eigenvalue weighted by molar-refractivity contribution is 5.14. The summed E-state index contributed by atoms with van der Waals surface area (Å²) in [6.45, 7) is 11.9. The third kappa shape index (κ3) is 4.54. The van der Waals surface area contributed by atoms with Gasteiger partial charge in [0.15, 0.2) is 0 Å². The molecule has 1 saturated heterocycles. The lowest BCUT2D eigenvalue weighted by Gasteiger charge is -2.37. The van der Waals surface area contributed by atoms with Gasteiger partial charge < -0.3 is 10.2 Å². The first-order chi connectivity index (χ1) is 9.54. The summed E-state index contributed by atoms with van der Waals surface area (Å²) < 4.78 is 0. The van der Waals surface area contributed by atoms with E-state index in [9.17, 15) is 0 Å². The quantitative estimate of drug-likeness (QED) is 0.887. The minimum absolute atomic E-state index is 0.515. The van der Waals surface area contributed by atoms with E-state index in [2.05, 4.69) is 60.1 Å². The minimum atomic E-state index is 0.515. The molecule has 1 N–H and O–H groups in total. The Kier molecular flexibility index (Phi) is 5.52. The Morgan fingerprint density at radius 2 is 2.15 bits per heavy atom. The van der Waals surface area contributed by atoms with Crippen LogP contribution in [-0.2, 0) is 13.1 Å². The number of nitrogens with zero attached hydrogens (tertiary/aromatic N) is 3. The van der Waals surface area contributed by atoms with E-state index in [0.717, 1.165) is 32.7 Å². The molecule has 1 unspecified atom stereocenters. The van der Waals surface area contributed by atoms with Crippen LogP contribution < -0.4 is 5.32 Å². The second kappa shape index (κ2) is 7.16. The van der Waals surface area contributed by atoms with E-state index in [1.54, 1.807) is 0 Å². The molecular formula is C16H28N4. The van der Waals surface area contributed by atoms with Crippen LogP contribution in [0.1, 0.15) is 32.0 Å². The topological polar surface area (TPSA) is 31.4 Å². The summed E-state index contributed by atoms with van der Waals surface area (Å²) in [5, 5.41) is 3.42. The van der Waals surface area contributed by atoms with Crippen LogP contribution >= 0.6 is 0 Å². The molecule has 0 radical (unpaired) electrons. The van der Waals surface area contributed by atoms with Crippen LogP contribution in [-0.4, -0.2) is 53.5 Å². The summed E-state index contributed by atoms with van der Waals surface area (Å²) in [6, 6.07) is 5.51. The molecule has 1 aliphatic rings. The zero-order valence-electron chi connectivity index (χ0n) is 13.3. The maximum absolute atomic E-state index is 4.60. The largest absolute Gasteiger partial charge is 0.310 e. The molecule has 2 heterocycles. The lowest BCUT2D eigenvalue weighted by molar-refractivity contribution is 0.0990. The molecule has 4 nitrogen and oxygen atoms in total. The molecule has 0 aromatic carbocycles. The third-order valence-corrected chi connectivity index (χ3v) is 4.03. The standard InChI is InChI=1S/C16H28N4/c1-13(2)17-9-15-5-6-16(18-10-15)12-20-8-7-19(4)14(3)11-20/h5-6,10,13-14,17H,7-9,11-12H2,1-4H3. The molecule has 0 saturated carbocycles. The lowest BCUT2D eigenvalue weighted by atomic mass is 10.2. The van der Waals surface area contributed by atoms with Crippen LogP contribution in [0.25, 0.3) is 0 Å². The maximum atomic E-state index is 4.60. The Balaban J connectivity index is 1.84. The summed E-state index contributed by atoms with van der Waals surface area (Å²) in [4.78, 5) is 9.52. The van der Waals surface area contributed by atoms with Crippen molar-refractivity contribution in [1.82, 2.24) is 20.1 Å². The van der Waals surface area contributed by atoms with Crippen LogP contribution in [0.4, 0.5) is 0 Å². The molecule has 0 spiro atoms. The fourth-order valence-corrected chi connectivity index (χ4v) is 2.47. The van der Waals surface area contributed by atoms with Crippen LogP contribution in [0.15, 0.2) is 18.3 Å². The number of piperazine rings is 1. The second-order valence-electron chi connectivity index (χ2n) is 6.26. The fraction of sp³-hybridized carbons (Fsp3) is 0.688. The van der Waals surface area contributed by atoms with Crippen molar-refractivity contribution in [3.8, 4) is 0 Å². The Morgan fingerprint density at radius 3 is 2.75 bits per heavy atom. The minimum Gasteiger partial charge on any atom is -0.310 e. The average Bonchev–Trinajstić information content (AvgIpc) is 2.42. The van der Waals surface area contributed by atoms with Gasteiger partial charge in [0.25, 0.3) is 0 Å². The molecule has 4 heteroatoms. The van der Waals surface area contributed by atoms with Crippen molar-refractivity contribution in [3.05, 3.63) is 29.6 Å². The number of hydrogen-bond acceptors (Lipinski definition) is 4. The van der Waals surface area contributed by atoms with Crippen molar-refractivity contribution >= 4 is 0 Å². The van der Waals surface area contributed by atoms with Gasteiger partial charge in [-0.25, -0.2) is 0 Å². The van der Waals surface area contributed by atoms with E-state index in [4.69, 9.17) is 0 Å². The maximum Gasteiger partial charge on any atom is 0.0544 e. The van der Waals surface area contributed by atoms with E-state index in [1.807, 2.05) is 6.20 Å². The number of nitrogens with one attached hydrogen (secondary N) is 1. The molecule has 0 bridgehead atoms. The van der Waals surface area contributed by atoms with Gasteiger partial charge in [-0.2, -0.15) is 0 Å². The van der Waals surface area contributed by atoms with Gasteiger partial charge in [-0.15, -0.1) is 0 Å². The van der Waals surface area contributed by atoms with Gasteiger partial charge in [0.2, 0.25) is 0 Å². The van der Waals surface area contributed by atoms with E-state index in [1.165, 1.54) is 11.3 Å². The number of rotatable bonds is 5. The fourth-order valence-electron chi connectivity index (χ4n) is 2.47. The first-order valence-electron chi connectivity index (χ1n) is 7.64. The van der Waals surface area contributed by atoms with Crippen LogP contribution in [0.2, 0.25) is 0 Å². The first-order valence-corrected chi connectivity index (χ1v) is 7.64. The third-order valence-electron chi connectivity index (χ3n) is 4.03. The van der Waals surface area contributed by atoms with Crippen LogP contribution in [0.3, 0.4) is 0 Å². The zero-order chi connectivity index (χ0) is 14.5. The number of pyridine rings is 1. The predicted molar refractivity (Wildman–Crippen MR) is 83.6 cm³/mol. The molecular weight excluding hydrogens is 248 g/mol. The zero-order valence-corrected chi connectivity index (χ0v) is 13.3. The Hall–Kier alpha value is -0.970. The summed E-state index contributed by atoms with van der Waals surface area (Å²) in [5.41, 5.74) is 2.43. The molecule has 2 rings (SSSR count). The predicted octanol–water partition coefficient (Wildman–Crippen LogP) is 1.72. The summed E-state index contributed by atoms with van der Waals surface area (Å²) in [6.07, 6.45) is 2.00. The smallest absolute Gasteiger partial charge is 0.0544 e. The highest BCUT2D eigenvalue weighted by Crippen LogP contribution is 2.10. The first kappa shape index (κ1) is 15.4. The summed E-state index contributed by atoms with van der Waals surface area (Å²) in [7, 11) is 2.21. The van der Waals surface area contributed by atoms with Crippen molar-refractivity contribution in [2.45, 2.75) is 45.9 Å². The monoisotopic (exact) mass is 276 g/mol. The number of aromatic nitrogens is 1. The van der Waals surface area contributed by atoms with Gasteiger partial charge in [0.1, 0.15) is 0 Å². The van der Waals surface area contributed by atoms with Crippen molar-refractivity contribution in [1.29, 1.82) is 0 Å². The molecule has 1 atom stereocenters. The molecule has 0 amide bonds. The van der Waals surface area contributed by atoms with Gasteiger partial charge in [0, 0.05) is 51.0 Å². The summed E-state index contributed by atoms with van der Waals surface area (Å²) in [5.74, 6) is 0. The average molecular weight is 276 g/mol. The molecule has 20 heavy (non-hydrogen) atoms. The van der Waals surface area contributed by atoms with Crippen molar-refractivity contribution in [2.75, 3.05) is 26.7 Å². The van der Waals surface area contributed by atoms with Crippen molar-refractivity contribution in [3.63, 3.8) is 0 Å². The highest BCUT2D eigenvalue weighted by Gasteiger charge is 2.20. The Labute approximate surface area is 123 Å². The Bertz CT molecular complexity index is 401. The van der Waals surface area contributed by atoms with Gasteiger partial charge in [0.05, 0.1) is 5.69 Å². The lowest BCUT2D eigenvalue weighted by Crippen LogP contribution is -2.49. The Morgan fingerprint density at radius 1 is 1.35 bits per heavy atom. The SMILES string of the molecule is CC(C)NCc1ccc(CN2CCN(C)C(C)C2)nc1. The number of hydrogen-bond donors (Lipinski definition) is 1. The molecule has 112 valence electrons. The summed E-state index contributed by atoms with van der Waals surface area (Å²) >= 11 is 0. The molecule has 1 fully saturated rings. The molecule has 1 aromatic heterocycles. The van der Waals surface area contributed by atoms with E-state index in [0.29, 0.717) is 12.1 Å². The number of likely N-dealkylation sites (N-methyl/N-ethyl adjacent to an activating group) is 1. The van der Waals surface area contributed by atoms with Gasteiger partial charge in [-0.3, -0.25) is 9.88 Å². The van der Waals surface area contributed by atoms with Crippen molar-refractivity contribution in [2.24, 2.45) is 0 Å². The molecule has 0 aliphatic carbocycles. The van der Waals surface area contributed by atoms with E-state index >= 15 is 0 Å². The van der Waals surface area contributed by atoms with Crippen molar-refractivity contribution < 1.29 is 0 Å². The molecule has 1 aromatic rings. The van der Waals surface area contributed by atoms with Gasteiger partial charge >= 0.3 is 0 Å². The molecule has 1 aliphatic heterocycles. The highest BCUT2D eigenvalue weighted by atomic mass is 15.3. The van der Waals surface area contributed by atoms with Gasteiger partial charge in [-0.1, -0.05) is 19.9 Å². The van der Waals surface area contributed by atoms with E-state index < -0.39 is 0 Å².